The van der Waals surface area contributed by atoms with E-state index >= 15 is 0 Å². The van der Waals surface area contributed by atoms with E-state index in [1.54, 1.807) is 0 Å². The number of rotatable bonds is 2. The third kappa shape index (κ3) is 2.28. The molecule has 2 rings (SSSR count). The first-order chi connectivity index (χ1) is 7.59. The molecular formula is C14H21NS. The zero-order valence-electron chi connectivity index (χ0n) is 10.4. The van der Waals surface area contributed by atoms with Crippen molar-refractivity contribution in [1.82, 2.24) is 0 Å². The zero-order valence-corrected chi connectivity index (χ0v) is 11.2. The van der Waals surface area contributed by atoms with E-state index < -0.39 is 0 Å². The second-order valence-electron chi connectivity index (χ2n) is 4.87. The first-order valence-electron chi connectivity index (χ1n) is 6.04. The predicted octanol–water partition coefficient (Wildman–Crippen LogP) is 3.51. The van der Waals surface area contributed by atoms with Crippen molar-refractivity contribution in [2.45, 2.75) is 44.9 Å². The summed E-state index contributed by atoms with van der Waals surface area (Å²) in [5.74, 6) is 1.28. The lowest BCUT2D eigenvalue weighted by Crippen LogP contribution is -2.22. The van der Waals surface area contributed by atoms with E-state index in [1.165, 1.54) is 40.8 Å². The molecule has 0 aromatic heterocycles. The molecule has 0 amide bonds. The maximum absolute atomic E-state index is 6.40. The average Bonchev–Trinajstić information content (AvgIpc) is 2.75. The van der Waals surface area contributed by atoms with Gasteiger partial charge in [0.1, 0.15) is 0 Å². The topological polar surface area (TPSA) is 26.0 Å². The third-order valence-electron chi connectivity index (χ3n) is 3.61. The van der Waals surface area contributed by atoms with Crippen molar-refractivity contribution in [2.24, 2.45) is 5.73 Å². The van der Waals surface area contributed by atoms with Crippen LogP contribution < -0.4 is 5.73 Å². The van der Waals surface area contributed by atoms with Crippen molar-refractivity contribution in [2.75, 3.05) is 5.75 Å². The average molecular weight is 235 g/mol. The van der Waals surface area contributed by atoms with Crippen molar-refractivity contribution in [3.05, 3.63) is 34.4 Å². The molecule has 16 heavy (non-hydrogen) atoms. The van der Waals surface area contributed by atoms with Gasteiger partial charge in [0.2, 0.25) is 0 Å². The minimum absolute atomic E-state index is 0.215. The Morgan fingerprint density at radius 1 is 1.19 bits per heavy atom. The Hall–Kier alpha value is -0.470. The van der Waals surface area contributed by atoms with Crippen LogP contribution >= 0.6 is 11.8 Å². The first-order valence-corrected chi connectivity index (χ1v) is 7.09. The summed E-state index contributed by atoms with van der Waals surface area (Å²) in [6.07, 6.45) is 2.60. The molecule has 1 aromatic carbocycles. The molecule has 0 radical (unpaired) electrons. The Morgan fingerprint density at radius 3 is 2.50 bits per heavy atom. The van der Waals surface area contributed by atoms with E-state index in [2.05, 4.69) is 32.9 Å². The minimum Gasteiger partial charge on any atom is -0.323 e. The fourth-order valence-electron chi connectivity index (χ4n) is 2.43. The number of thioether (sulfide) groups is 1. The molecule has 1 aromatic rings. The summed E-state index contributed by atoms with van der Waals surface area (Å²) in [5, 5.41) is 0.626. The van der Waals surface area contributed by atoms with E-state index in [0.29, 0.717) is 5.25 Å². The van der Waals surface area contributed by atoms with Crippen LogP contribution in [0.5, 0.6) is 0 Å². The van der Waals surface area contributed by atoms with Crippen LogP contribution in [-0.2, 0) is 0 Å². The van der Waals surface area contributed by atoms with Gasteiger partial charge in [0.05, 0.1) is 0 Å². The monoisotopic (exact) mass is 235 g/mol. The quantitative estimate of drug-likeness (QED) is 0.849. The number of benzene rings is 1. The van der Waals surface area contributed by atoms with Crippen LogP contribution in [0.2, 0.25) is 0 Å². The Morgan fingerprint density at radius 2 is 1.88 bits per heavy atom. The van der Waals surface area contributed by atoms with Gasteiger partial charge in [-0.05, 0) is 61.6 Å². The lowest BCUT2D eigenvalue weighted by Gasteiger charge is -2.21. The minimum atomic E-state index is 0.215. The number of hydrogen-bond donors (Lipinski definition) is 1. The molecule has 2 heteroatoms. The van der Waals surface area contributed by atoms with Crippen molar-refractivity contribution in [1.29, 1.82) is 0 Å². The van der Waals surface area contributed by atoms with Crippen LogP contribution in [0.3, 0.4) is 0 Å². The van der Waals surface area contributed by atoms with Crippen LogP contribution in [0.25, 0.3) is 0 Å². The second kappa shape index (κ2) is 4.80. The Bertz CT molecular complexity index is 381. The molecule has 1 heterocycles. The molecular weight excluding hydrogens is 214 g/mol. The second-order valence-corrected chi connectivity index (χ2v) is 6.22. The number of hydrogen-bond acceptors (Lipinski definition) is 2. The highest BCUT2D eigenvalue weighted by molar-refractivity contribution is 8.00. The fourth-order valence-corrected chi connectivity index (χ4v) is 3.75. The van der Waals surface area contributed by atoms with Gasteiger partial charge in [-0.25, -0.2) is 0 Å². The highest BCUT2D eigenvalue weighted by Crippen LogP contribution is 2.36. The summed E-state index contributed by atoms with van der Waals surface area (Å²) in [6, 6.07) is 4.77. The van der Waals surface area contributed by atoms with E-state index in [-0.39, 0.29) is 6.04 Å². The van der Waals surface area contributed by atoms with Crippen molar-refractivity contribution in [3.63, 3.8) is 0 Å². The van der Waals surface area contributed by atoms with Gasteiger partial charge in [0.25, 0.3) is 0 Å². The molecule has 1 saturated heterocycles. The van der Waals surface area contributed by atoms with E-state index in [9.17, 15) is 0 Å². The van der Waals surface area contributed by atoms with Crippen LogP contribution in [0, 0.1) is 20.8 Å². The van der Waals surface area contributed by atoms with Gasteiger partial charge in [-0.15, -0.1) is 0 Å². The van der Waals surface area contributed by atoms with Crippen molar-refractivity contribution in [3.8, 4) is 0 Å². The van der Waals surface area contributed by atoms with E-state index in [4.69, 9.17) is 5.73 Å². The van der Waals surface area contributed by atoms with Crippen LogP contribution in [-0.4, -0.2) is 11.0 Å². The molecule has 2 N–H and O–H groups in total. The maximum atomic E-state index is 6.40. The molecule has 2 atom stereocenters. The summed E-state index contributed by atoms with van der Waals surface area (Å²) < 4.78 is 0. The predicted molar refractivity (Wildman–Crippen MR) is 73.1 cm³/mol. The Kier molecular flexibility index (Phi) is 3.60. The standard InChI is InChI=1S/C14H21NS/c1-9-7-11(3)12(8-10(9)2)14(15)13-5-4-6-16-13/h7-8,13-14H,4-6,15H2,1-3H3. The molecule has 0 bridgehead atoms. The van der Waals surface area contributed by atoms with Crippen molar-refractivity contribution >= 4 is 11.8 Å². The Balaban J connectivity index is 2.28. The Labute approximate surface area is 103 Å². The lowest BCUT2D eigenvalue weighted by molar-refractivity contribution is 0.642. The normalized spacial score (nSPS) is 22.4. The van der Waals surface area contributed by atoms with Gasteiger partial charge in [0, 0.05) is 11.3 Å². The smallest absolute Gasteiger partial charge is 0.0418 e. The molecule has 1 nitrogen and oxygen atoms in total. The van der Waals surface area contributed by atoms with Gasteiger partial charge < -0.3 is 5.73 Å². The molecule has 88 valence electrons. The largest absolute Gasteiger partial charge is 0.323 e. The molecule has 1 fully saturated rings. The SMILES string of the molecule is Cc1cc(C)c(C(N)C2CCCS2)cc1C. The highest BCUT2D eigenvalue weighted by Gasteiger charge is 2.25. The maximum Gasteiger partial charge on any atom is 0.0418 e. The first kappa shape index (κ1) is 12.0. The van der Waals surface area contributed by atoms with E-state index in [0.717, 1.165) is 0 Å². The fraction of sp³-hybridized carbons (Fsp3) is 0.571. The zero-order chi connectivity index (χ0) is 11.7. The van der Waals surface area contributed by atoms with E-state index in [1.807, 2.05) is 11.8 Å². The summed E-state index contributed by atoms with van der Waals surface area (Å²) in [6.45, 7) is 6.52. The van der Waals surface area contributed by atoms with Crippen molar-refractivity contribution < 1.29 is 0 Å². The van der Waals surface area contributed by atoms with Gasteiger partial charge in [-0.3, -0.25) is 0 Å². The summed E-state index contributed by atoms with van der Waals surface area (Å²) in [4.78, 5) is 0. The van der Waals surface area contributed by atoms with Crippen LogP contribution in [0.1, 0.15) is 41.1 Å². The third-order valence-corrected chi connectivity index (χ3v) is 5.09. The van der Waals surface area contributed by atoms with Crippen LogP contribution in [0.4, 0.5) is 0 Å². The highest BCUT2D eigenvalue weighted by atomic mass is 32.2. The van der Waals surface area contributed by atoms with Gasteiger partial charge in [-0.2, -0.15) is 11.8 Å². The number of aryl methyl sites for hydroxylation is 3. The molecule has 0 saturated carbocycles. The summed E-state index contributed by atoms with van der Waals surface area (Å²) in [5.41, 5.74) is 11.8. The molecule has 0 spiro atoms. The summed E-state index contributed by atoms with van der Waals surface area (Å²) in [7, 11) is 0. The van der Waals surface area contributed by atoms with Gasteiger partial charge >= 0.3 is 0 Å². The lowest BCUT2D eigenvalue weighted by atomic mass is 9.93. The van der Waals surface area contributed by atoms with Crippen LogP contribution in [0.15, 0.2) is 12.1 Å². The van der Waals surface area contributed by atoms with Gasteiger partial charge in [-0.1, -0.05) is 12.1 Å². The molecule has 0 aliphatic carbocycles. The molecule has 1 aliphatic rings. The number of nitrogens with two attached hydrogens (primary N) is 1. The van der Waals surface area contributed by atoms with Gasteiger partial charge in [0.15, 0.2) is 0 Å². The molecule has 2 unspecified atom stereocenters. The molecule has 1 aliphatic heterocycles. The summed E-state index contributed by atoms with van der Waals surface area (Å²) >= 11 is 2.04.